The normalized spacial score (nSPS) is 14.3. The molecule has 0 bridgehead atoms. The van der Waals surface area contributed by atoms with Crippen LogP contribution in [0.15, 0.2) is 143 Å². The van der Waals surface area contributed by atoms with Crippen LogP contribution in [-0.4, -0.2) is 54.7 Å². The molecule has 0 fully saturated rings. The molecule has 83 heavy (non-hydrogen) atoms. The van der Waals surface area contributed by atoms with Crippen LogP contribution in [-0.2, 0) is 33.6 Å². The van der Waals surface area contributed by atoms with Crippen LogP contribution in [0.3, 0.4) is 0 Å². The molecule has 0 spiro atoms. The molecule has 9 heteroatoms. The molecule has 2 aliphatic heterocycles. The molecular weight excluding hydrogens is 1010 g/mol. The van der Waals surface area contributed by atoms with Gasteiger partial charge >= 0.3 is 0 Å². The zero-order valence-corrected chi connectivity index (χ0v) is 57.2. The number of aryl methyl sites for hydroxylation is 3. The van der Waals surface area contributed by atoms with E-state index in [1.807, 2.05) is 68.0 Å². The molecule has 454 valence electrons. The van der Waals surface area contributed by atoms with Gasteiger partial charge in [-0.25, -0.2) is 4.98 Å². The molecule has 0 amide bonds. The summed E-state index contributed by atoms with van der Waals surface area (Å²) < 4.78 is 1.94. The summed E-state index contributed by atoms with van der Waals surface area (Å²) in [6.45, 7) is 60.5. The lowest BCUT2D eigenvalue weighted by atomic mass is 9.86. The van der Waals surface area contributed by atoms with Gasteiger partial charge in [-0.2, -0.15) is 5.10 Å². The number of hydrogen-bond donors (Lipinski definition) is 1. The van der Waals surface area contributed by atoms with Crippen LogP contribution in [0.1, 0.15) is 223 Å². The second-order valence-corrected chi connectivity index (χ2v) is 30.2. The van der Waals surface area contributed by atoms with Crippen molar-refractivity contribution in [3.8, 4) is 0 Å². The fourth-order valence-electron chi connectivity index (χ4n) is 7.88. The van der Waals surface area contributed by atoms with Crippen molar-refractivity contribution in [1.29, 1.82) is 0 Å². The number of nitrogens with two attached hydrogens (primary N) is 1. The van der Waals surface area contributed by atoms with E-state index in [1.165, 1.54) is 50.4 Å². The molecule has 2 N–H and O–H groups in total. The average molecular weight is 1130 g/mol. The Kier molecular flexibility index (Phi) is 27.2. The van der Waals surface area contributed by atoms with Crippen LogP contribution in [0.5, 0.6) is 0 Å². The molecular formula is C74H113N9. The van der Waals surface area contributed by atoms with E-state index in [2.05, 4.69) is 287 Å². The Morgan fingerprint density at radius 2 is 1.11 bits per heavy atom. The second-order valence-electron chi connectivity index (χ2n) is 30.2. The Balaban J connectivity index is 0.000000325. The fraction of sp³-hybridized carbons (Fsp3) is 0.527. The minimum Gasteiger partial charge on any atom is -0.383 e. The van der Waals surface area contributed by atoms with E-state index in [0.29, 0.717) is 16.6 Å². The lowest BCUT2D eigenvalue weighted by molar-refractivity contribution is 0.355. The molecule has 0 radical (unpaired) electrons. The molecule has 9 rings (SSSR count). The van der Waals surface area contributed by atoms with E-state index in [4.69, 9.17) is 5.73 Å². The predicted molar refractivity (Wildman–Crippen MR) is 363 cm³/mol. The summed E-state index contributed by atoms with van der Waals surface area (Å²) in [5.41, 5.74) is 22.7. The van der Waals surface area contributed by atoms with Crippen molar-refractivity contribution in [3.05, 3.63) is 184 Å². The van der Waals surface area contributed by atoms with Gasteiger partial charge in [-0.3, -0.25) is 29.6 Å². The highest BCUT2D eigenvalue weighted by Gasteiger charge is 2.21. The summed E-state index contributed by atoms with van der Waals surface area (Å²) in [5, 5.41) is 4.10. The van der Waals surface area contributed by atoms with Gasteiger partial charge in [0.1, 0.15) is 5.82 Å². The maximum Gasteiger partial charge on any atom is 0.126 e. The second kappa shape index (κ2) is 31.0. The van der Waals surface area contributed by atoms with Gasteiger partial charge in [-0.1, -0.05) is 206 Å². The van der Waals surface area contributed by atoms with Gasteiger partial charge in [-0.05, 0) is 155 Å². The number of rotatable bonds is 0. The Hall–Kier alpha value is -6.35. The minimum atomic E-state index is 0.128. The SMILES string of the molecule is CC(C)(C)C1=CC=CC1.CC(C)(C)C1=CCN=C1.CC(C)(C)C1=NCC=C1.CC(C)(C)c1cnc2c(c1)C=CC2.CC(C)(C)n1cccn1.Cc1cc(C(C)(C)C)ccn1.Cc1cc(C(C)(C)C)cnc1N.Cc1cncc(C(C)(C)C)c1. The van der Waals surface area contributed by atoms with Crippen LogP contribution in [0.25, 0.3) is 6.08 Å². The highest BCUT2D eigenvalue weighted by atomic mass is 15.3. The van der Waals surface area contributed by atoms with Crippen LogP contribution in [0, 0.1) is 37.0 Å². The molecule has 0 saturated carbocycles. The molecule has 5 aromatic heterocycles. The monoisotopic (exact) mass is 1130 g/mol. The predicted octanol–water partition coefficient (Wildman–Crippen LogP) is 19.2. The summed E-state index contributed by atoms with van der Waals surface area (Å²) in [6.07, 6.45) is 34.7. The smallest absolute Gasteiger partial charge is 0.126 e. The molecule has 5 aromatic rings. The third-order valence-corrected chi connectivity index (χ3v) is 13.8. The number of hydrogen-bond acceptors (Lipinski definition) is 8. The van der Waals surface area contributed by atoms with E-state index < -0.39 is 0 Å². The maximum absolute atomic E-state index is 5.62. The number of nitrogen functional groups attached to an aromatic ring is 1. The molecule has 9 nitrogen and oxygen atoms in total. The van der Waals surface area contributed by atoms with E-state index >= 15 is 0 Å². The van der Waals surface area contributed by atoms with Crippen molar-refractivity contribution in [2.75, 3.05) is 18.8 Å². The van der Waals surface area contributed by atoms with E-state index in [9.17, 15) is 0 Å². The largest absolute Gasteiger partial charge is 0.383 e. The van der Waals surface area contributed by atoms with Gasteiger partial charge < -0.3 is 5.73 Å². The summed E-state index contributed by atoms with van der Waals surface area (Å²) in [4.78, 5) is 25.3. The number of anilines is 1. The van der Waals surface area contributed by atoms with Gasteiger partial charge in [-0.15, -0.1) is 0 Å². The van der Waals surface area contributed by atoms with Crippen molar-refractivity contribution in [3.63, 3.8) is 0 Å². The highest BCUT2D eigenvalue weighted by Crippen LogP contribution is 2.31. The summed E-state index contributed by atoms with van der Waals surface area (Å²) in [7, 11) is 0. The highest BCUT2D eigenvalue weighted by molar-refractivity contribution is 6.00. The summed E-state index contributed by atoms with van der Waals surface area (Å²) in [6, 6.07) is 12.7. The average Bonchev–Trinajstić information content (AvgIpc) is 4.33. The fourth-order valence-corrected chi connectivity index (χ4v) is 7.88. The third kappa shape index (κ3) is 27.7. The molecule has 4 aliphatic rings. The lowest BCUT2D eigenvalue weighted by Crippen LogP contribution is -2.21. The first-order valence-corrected chi connectivity index (χ1v) is 29.9. The number of fused-ring (bicyclic) bond motifs is 1. The zero-order valence-electron chi connectivity index (χ0n) is 57.2. The summed E-state index contributed by atoms with van der Waals surface area (Å²) >= 11 is 0. The van der Waals surface area contributed by atoms with Crippen molar-refractivity contribution < 1.29 is 0 Å². The number of pyridine rings is 4. The Morgan fingerprint density at radius 3 is 1.47 bits per heavy atom. The summed E-state index contributed by atoms with van der Waals surface area (Å²) in [5.74, 6) is 0.628. The van der Waals surface area contributed by atoms with Crippen LogP contribution in [0.2, 0.25) is 0 Å². The number of aromatic nitrogens is 6. The van der Waals surface area contributed by atoms with Crippen molar-refractivity contribution >= 4 is 23.8 Å². The maximum atomic E-state index is 5.62. The molecule has 7 heterocycles. The quantitative estimate of drug-likeness (QED) is 0.165. The first kappa shape index (κ1) is 72.8. The molecule has 0 atom stereocenters. The van der Waals surface area contributed by atoms with Gasteiger partial charge in [0.15, 0.2) is 0 Å². The van der Waals surface area contributed by atoms with Crippen LogP contribution in [0.4, 0.5) is 5.82 Å². The Labute approximate surface area is 506 Å². The van der Waals surface area contributed by atoms with E-state index in [1.54, 1.807) is 11.8 Å². The first-order chi connectivity index (χ1) is 37.9. The van der Waals surface area contributed by atoms with Gasteiger partial charge in [0.05, 0.1) is 24.3 Å². The number of allylic oxidation sites excluding steroid dienone is 7. The van der Waals surface area contributed by atoms with Gasteiger partial charge in [0.25, 0.3) is 0 Å². The Morgan fingerprint density at radius 1 is 0.518 bits per heavy atom. The molecule has 0 aromatic carbocycles. The van der Waals surface area contributed by atoms with Crippen molar-refractivity contribution in [2.45, 2.75) is 227 Å². The topological polar surface area (TPSA) is 120 Å². The number of aliphatic imine (C=N–C) groups is 2. The molecule has 0 saturated heterocycles. The van der Waals surface area contributed by atoms with E-state index in [0.717, 1.165) is 37.2 Å². The zero-order chi connectivity index (χ0) is 63.4. The van der Waals surface area contributed by atoms with E-state index in [-0.39, 0.29) is 32.6 Å². The standard InChI is InChI=1S/C12H15N.C10H16N2.2C10H15N.C9H14.2C8H13N.C7H12N2/c1-12(2,3)10-7-9-5-4-6-11(9)13-8-10;1-7-5-8(10(2,3)4)6-12-9(7)11;1-8-5-9(7-11-6-8)10(2,3)4;1-8-7-9(5-6-11-8)10(2,3)4;1-9(2,3)8-6-4-5-7-8;1-8(2,3)7-4-5-9-6-7;1-8(2,3)7-5-4-6-9-7;1-7(2,3)9-6-4-5-8-9/h4-5,7-8H,6H2,1-3H3;5-6H,1-4H3,(H2,11,12);2*5-7H,1-4H3;4-6H,7H2,1-3H3;4,6H,5H2,1-3H3;4-5H,6H2,1-3H3;4-6H,1-3H3. The van der Waals surface area contributed by atoms with Crippen molar-refractivity contribution in [1.82, 2.24) is 29.7 Å². The minimum absolute atomic E-state index is 0.128. The van der Waals surface area contributed by atoms with Gasteiger partial charge in [0, 0.05) is 72.8 Å². The van der Waals surface area contributed by atoms with Crippen LogP contribution >= 0.6 is 0 Å². The third-order valence-electron chi connectivity index (χ3n) is 13.8. The lowest BCUT2D eigenvalue weighted by Gasteiger charge is -2.19. The number of nitrogens with zero attached hydrogens (tertiary/aromatic N) is 8. The van der Waals surface area contributed by atoms with Crippen LogP contribution < -0.4 is 5.73 Å². The van der Waals surface area contributed by atoms with Gasteiger partial charge in [0.2, 0.25) is 0 Å². The molecule has 0 unspecified atom stereocenters. The first-order valence-electron chi connectivity index (χ1n) is 29.9. The molecule has 2 aliphatic carbocycles. The Bertz CT molecular complexity index is 2890. The van der Waals surface area contributed by atoms with Crippen molar-refractivity contribution in [2.24, 2.45) is 26.2 Å².